The normalized spacial score (nSPS) is 13.8. The molecule has 26 heavy (non-hydrogen) atoms. The van der Waals surface area contributed by atoms with Crippen LogP contribution in [0.3, 0.4) is 0 Å². The summed E-state index contributed by atoms with van der Waals surface area (Å²) in [7, 11) is 0. The average Bonchev–Trinajstić information content (AvgIpc) is 2.79. The molecule has 2 rings (SSSR count). The van der Waals surface area contributed by atoms with Gasteiger partial charge in [-0.25, -0.2) is 4.79 Å². The lowest BCUT2D eigenvalue weighted by atomic mass is 10.1. The quantitative estimate of drug-likeness (QED) is 0.313. The van der Waals surface area contributed by atoms with Gasteiger partial charge in [0.2, 0.25) is 5.91 Å². The average molecular weight is 380 g/mol. The number of carbonyl (C=O) groups is 2. The molecule has 1 aromatic rings. The summed E-state index contributed by atoms with van der Waals surface area (Å²) in [6.45, 7) is 4.38. The lowest BCUT2D eigenvalue weighted by Gasteiger charge is -2.08. The van der Waals surface area contributed by atoms with Crippen LogP contribution in [0.25, 0.3) is 0 Å². The molecule has 0 fully saturated rings. The molecule has 0 radical (unpaired) electrons. The number of thiophene rings is 1. The minimum Gasteiger partial charge on any atom is -0.462 e. The molecule has 1 aliphatic rings. The Morgan fingerprint density at radius 1 is 1.00 bits per heavy atom. The van der Waals surface area contributed by atoms with Crippen LogP contribution in [0, 0.1) is 0 Å². The fourth-order valence-corrected chi connectivity index (χ4v) is 4.80. The Hall–Kier alpha value is -1.36. The Morgan fingerprint density at radius 3 is 2.50 bits per heavy atom. The molecule has 0 aromatic carbocycles. The van der Waals surface area contributed by atoms with Crippen LogP contribution >= 0.6 is 11.3 Å². The largest absolute Gasteiger partial charge is 0.462 e. The maximum atomic E-state index is 12.5. The Balaban J connectivity index is 1.99. The number of hydrogen-bond donors (Lipinski definition) is 1. The zero-order valence-electron chi connectivity index (χ0n) is 16.3. The third-order valence-electron chi connectivity index (χ3n) is 4.91. The van der Waals surface area contributed by atoms with Crippen LogP contribution < -0.4 is 5.32 Å². The van der Waals surface area contributed by atoms with E-state index in [1.807, 2.05) is 6.92 Å². The number of hydrogen-bond acceptors (Lipinski definition) is 4. The van der Waals surface area contributed by atoms with Gasteiger partial charge in [-0.3, -0.25) is 4.79 Å². The predicted molar refractivity (Wildman–Crippen MR) is 108 cm³/mol. The van der Waals surface area contributed by atoms with Gasteiger partial charge in [0.15, 0.2) is 0 Å². The standard InChI is InChI=1S/C21H33NO3S/c1-3-5-6-7-8-12-15-18(23)22-20-19(21(24)25-4-2)16-13-10-9-11-14-17(16)26-20/h3-15H2,1-2H3,(H,22,23). The summed E-state index contributed by atoms with van der Waals surface area (Å²) < 4.78 is 5.27. The molecule has 1 heterocycles. The predicted octanol–water partition coefficient (Wildman–Crippen LogP) is 5.88. The van der Waals surface area contributed by atoms with E-state index in [4.69, 9.17) is 4.74 Å². The molecule has 5 heteroatoms. The van der Waals surface area contributed by atoms with E-state index >= 15 is 0 Å². The van der Waals surface area contributed by atoms with Crippen LogP contribution in [0.15, 0.2) is 0 Å². The van der Waals surface area contributed by atoms with Gasteiger partial charge >= 0.3 is 5.97 Å². The van der Waals surface area contributed by atoms with Crippen LogP contribution in [0.2, 0.25) is 0 Å². The van der Waals surface area contributed by atoms with Gasteiger partial charge in [0, 0.05) is 11.3 Å². The van der Waals surface area contributed by atoms with Crippen LogP contribution in [0.5, 0.6) is 0 Å². The van der Waals surface area contributed by atoms with Gasteiger partial charge in [-0.15, -0.1) is 11.3 Å². The highest BCUT2D eigenvalue weighted by Gasteiger charge is 2.26. The van der Waals surface area contributed by atoms with Crippen molar-refractivity contribution < 1.29 is 14.3 Å². The van der Waals surface area contributed by atoms with Gasteiger partial charge < -0.3 is 10.1 Å². The van der Waals surface area contributed by atoms with Gasteiger partial charge in [-0.1, -0.05) is 45.4 Å². The minimum atomic E-state index is -0.290. The second-order valence-corrected chi connectivity index (χ2v) is 8.16. The summed E-state index contributed by atoms with van der Waals surface area (Å²) >= 11 is 1.58. The third-order valence-corrected chi connectivity index (χ3v) is 6.12. The summed E-state index contributed by atoms with van der Waals surface area (Å²) in [4.78, 5) is 26.1. The number of unbranched alkanes of at least 4 members (excludes halogenated alkanes) is 5. The van der Waals surface area contributed by atoms with Crippen LogP contribution in [-0.4, -0.2) is 18.5 Å². The lowest BCUT2D eigenvalue weighted by molar-refractivity contribution is -0.116. The van der Waals surface area contributed by atoms with Crippen molar-refractivity contribution in [1.82, 2.24) is 0 Å². The van der Waals surface area contributed by atoms with Crippen LogP contribution in [0.1, 0.15) is 98.9 Å². The highest BCUT2D eigenvalue weighted by molar-refractivity contribution is 7.17. The molecule has 0 saturated heterocycles. The highest BCUT2D eigenvalue weighted by Crippen LogP contribution is 2.38. The molecule has 1 aliphatic carbocycles. The number of esters is 1. The van der Waals surface area contributed by atoms with Gasteiger partial charge in [0.05, 0.1) is 12.2 Å². The van der Waals surface area contributed by atoms with E-state index in [1.54, 1.807) is 11.3 Å². The number of amides is 1. The molecule has 4 nitrogen and oxygen atoms in total. The van der Waals surface area contributed by atoms with E-state index in [2.05, 4.69) is 12.2 Å². The number of aryl methyl sites for hydroxylation is 1. The number of ether oxygens (including phenoxy) is 1. The van der Waals surface area contributed by atoms with Crippen molar-refractivity contribution in [3.8, 4) is 0 Å². The lowest BCUT2D eigenvalue weighted by Crippen LogP contribution is -2.15. The Kier molecular flexibility index (Phi) is 9.16. The van der Waals surface area contributed by atoms with Crippen molar-refractivity contribution in [2.24, 2.45) is 0 Å². The maximum Gasteiger partial charge on any atom is 0.341 e. The first-order valence-electron chi connectivity index (χ1n) is 10.3. The second kappa shape index (κ2) is 11.4. The van der Waals surface area contributed by atoms with E-state index in [-0.39, 0.29) is 11.9 Å². The zero-order chi connectivity index (χ0) is 18.8. The molecule has 0 spiro atoms. The topological polar surface area (TPSA) is 55.4 Å². The number of carbonyl (C=O) groups excluding carboxylic acids is 2. The van der Waals surface area contributed by atoms with E-state index in [0.717, 1.165) is 44.1 Å². The zero-order valence-corrected chi connectivity index (χ0v) is 17.1. The van der Waals surface area contributed by atoms with Crippen molar-refractivity contribution in [2.75, 3.05) is 11.9 Å². The summed E-state index contributed by atoms with van der Waals surface area (Å²) in [6.07, 6.45) is 12.9. The molecule has 0 unspecified atom stereocenters. The van der Waals surface area contributed by atoms with Crippen molar-refractivity contribution in [2.45, 2.75) is 90.9 Å². The van der Waals surface area contributed by atoms with E-state index < -0.39 is 0 Å². The first-order valence-corrected chi connectivity index (χ1v) is 11.1. The van der Waals surface area contributed by atoms with Gasteiger partial charge in [0.25, 0.3) is 0 Å². The Labute approximate surface area is 161 Å². The maximum absolute atomic E-state index is 12.5. The molecule has 1 aromatic heterocycles. The van der Waals surface area contributed by atoms with Crippen molar-refractivity contribution >= 4 is 28.2 Å². The smallest absolute Gasteiger partial charge is 0.341 e. The minimum absolute atomic E-state index is 0.0162. The van der Waals surface area contributed by atoms with Crippen molar-refractivity contribution in [3.63, 3.8) is 0 Å². The number of rotatable bonds is 10. The second-order valence-electron chi connectivity index (χ2n) is 7.05. The number of nitrogens with one attached hydrogen (secondary N) is 1. The van der Waals surface area contributed by atoms with E-state index in [1.165, 1.54) is 37.0 Å². The molecular weight excluding hydrogens is 346 g/mol. The summed E-state index contributed by atoms with van der Waals surface area (Å²) in [5.74, 6) is -0.274. The molecule has 0 saturated carbocycles. The Bertz CT molecular complexity index is 594. The molecule has 1 amide bonds. The fourth-order valence-electron chi connectivity index (χ4n) is 3.50. The first kappa shape index (κ1) is 20.9. The number of fused-ring (bicyclic) bond motifs is 1. The Morgan fingerprint density at radius 2 is 1.73 bits per heavy atom. The monoisotopic (exact) mass is 379 g/mol. The van der Waals surface area contributed by atoms with Crippen LogP contribution in [0.4, 0.5) is 5.00 Å². The fraction of sp³-hybridized carbons (Fsp3) is 0.714. The molecule has 146 valence electrons. The molecule has 0 bridgehead atoms. The molecule has 1 N–H and O–H groups in total. The van der Waals surface area contributed by atoms with E-state index in [9.17, 15) is 9.59 Å². The summed E-state index contributed by atoms with van der Waals surface area (Å²) in [5, 5.41) is 3.71. The molecule has 0 atom stereocenters. The van der Waals surface area contributed by atoms with Gasteiger partial charge in [0.1, 0.15) is 5.00 Å². The van der Waals surface area contributed by atoms with Gasteiger partial charge in [-0.2, -0.15) is 0 Å². The van der Waals surface area contributed by atoms with Crippen LogP contribution in [-0.2, 0) is 22.4 Å². The van der Waals surface area contributed by atoms with Gasteiger partial charge in [-0.05, 0) is 44.6 Å². The van der Waals surface area contributed by atoms with E-state index in [0.29, 0.717) is 23.6 Å². The first-order chi connectivity index (χ1) is 12.7. The number of anilines is 1. The highest BCUT2D eigenvalue weighted by atomic mass is 32.1. The summed E-state index contributed by atoms with van der Waals surface area (Å²) in [6, 6.07) is 0. The third kappa shape index (κ3) is 6.11. The summed E-state index contributed by atoms with van der Waals surface area (Å²) in [5.41, 5.74) is 1.73. The van der Waals surface area contributed by atoms with Crippen molar-refractivity contribution in [3.05, 3.63) is 16.0 Å². The molecular formula is C21H33NO3S. The van der Waals surface area contributed by atoms with Crippen molar-refractivity contribution in [1.29, 1.82) is 0 Å². The SMILES string of the molecule is CCCCCCCCC(=O)Nc1sc2c(c1C(=O)OCC)CCCCC2. The molecule has 0 aliphatic heterocycles.